The minimum atomic E-state index is -3.66. The smallest absolute Gasteiger partial charge is 0.261 e. The van der Waals surface area contributed by atoms with Crippen LogP contribution in [0, 0.1) is 6.92 Å². The Kier molecular flexibility index (Phi) is 4.67. The largest absolute Gasteiger partial charge is 0.284 e. The lowest BCUT2D eigenvalue weighted by molar-refractivity contribution is 0.601. The third-order valence-corrected chi connectivity index (χ3v) is 5.75. The van der Waals surface area contributed by atoms with Crippen molar-refractivity contribution < 1.29 is 8.42 Å². The standard InChI is InChI=1S/C21H18N4O2S/c1-15-5-7-19(8-6-15)28(26,27)25-18-4-2-3-17(13-18)21-20(14-23-24-21)16-9-11-22-12-10-16/h2-14,25H,1H3,(H,23,24). The predicted octanol–water partition coefficient (Wildman–Crippen LogP) is 4.25. The number of rotatable bonds is 5. The van der Waals surface area contributed by atoms with E-state index in [2.05, 4.69) is 19.9 Å². The van der Waals surface area contributed by atoms with Crippen molar-refractivity contribution in [2.75, 3.05) is 4.72 Å². The van der Waals surface area contributed by atoms with Gasteiger partial charge in [-0.3, -0.25) is 14.8 Å². The van der Waals surface area contributed by atoms with Crippen LogP contribution in [0.15, 0.2) is 84.1 Å². The molecule has 2 aromatic carbocycles. The molecule has 4 rings (SSSR count). The van der Waals surface area contributed by atoms with Gasteiger partial charge in [0.05, 0.1) is 10.6 Å². The Morgan fingerprint density at radius 1 is 0.929 bits per heavy atom. The lowest BCUT2D eigenvalue weighted by atomic mass is 10.0. The molecule has 6 nitrogen and oxygen atoms in total. The summed E-state index contributed by atoms with van der Waals surface area (Å²) in [7, 11) is -3.66. The maximum atomic E-state index is 12.7. The van der Waals surface area contributed by atoms with E-state index in [-0.39, 0.29) is 4.90 Å². The second-order valence-electron chi connectivity index (χ2n) is 6.38. The predicted molar refractivity (Wildman–Crippen MR) is 109 cm³/mol. The molecule has 0 fully saturated rings. The van der Waals surface area contributed by atoms with Gasteiger partial charge in [0.15, 0.2) is 0 Å². The lowest BCUT2D eigenvalue weighted by Crippen LogP contribution is -2.12. The van der Waals surface area contributed by atoms with Gasteiger partial charge in [0.25, 0.3) is 10.0 Å². The van der Waals surface area contributed by atoms with Crippen molar-refractivity contribution >= 4 is 15.7 Å². The summed E-state index contributed by atoms with van der Waals surface area (Å²) in [6.07, 6.45) is 5.25. The van der Waals surface area contributed by atoms with Crippen LogP contribution in [0.5, 0.6) is 0 Å². The molecule has 2 N–H and O–H groups in total. The number of pyridine rings is 1. The van der Waals surface area contributed by atoms with Crippen molar-refractivity contribution in [1.82, 2.24) is 15.2 Å². The van der Waals surface area contributed by atoms with Crippen LogP contribution >= 0.6 is 0 Å². The number of nitrogens with one attached hydrogen (secondary N) is 2. The number of hydrogen-bond acceptors (Lipinski definition) is 4. The summed E-state index contributed by atoms with van der Waals surface area (Å²) in [5.74, 6) is 0. The lowest BCUT2D eigenvalue weighted by Gasteiger charge is -2.10. The monoisotopic (exact) mass is 390 g/mol. The molecular weight excluding hydrogens is 372 g/mol. The van der Waals surface area contributed by atoms with E-state index < -0.39 is 10.0 Å². The molecule has 0 atom stereocenters. The van der Waals surface area contributed by atoms with E-state index in [1.807, 2.05) is 31.3 Å². The summed E-state index contributed by atoms with van der Waals surface area (Å²) in [4.78, 5) is 4.26. The molecule has 0 unspecified atom stereocenters. The maximum Gasteiger partial charge on any atom is 0.261 e. The summed E-state index contributed by atoms with van der Waals surface area (Å²) in [6.45, 7) is 1.91. The molecular formula is C21H18N4O2S. The Balaban J connectivity index is 1.66. The Hall–Kier alpha value is -3.45. The average molecular weight is 390 g/mol. The number of aryl methyl sites for hydroxylation is 1. The first-order valence-corrected chi connectivity index (χ1v) is 10.2. The van der Waals surface area contributed by atoms with Crippen molar-refractivity contribution in [3.05, 3.63) is 84.8 Å². The van der Waals surface area contributed by atoms with E-state index in [1.165, 1.54) is 0 Å². The number of sulfonamides is 1. The molecule has 2 aromatic heterocycles. The molecule has 4 aromatic rings. The minimum absolute atomic E-state index is 0.223. The van der Waals surface area contributed by atoms with Gasteiger partial charge in [0, 0.05) is 35.4 Å². The fourth-order valence-electron chi connectivity index (χ4n) is 2.92. The van der Waals surface area contributed by atoms with E-state index in [4.69, 9.17) is 0 Å². The summed E-state index contributed by atoms with van der Waals surface area (Å²) < 4.78 is 28.0. The van der Waals surface area contributed by atoms with E-state index in [1.54, 1.807) is 54.9 Å². The Bertz CT molecular complexity index is 1200. The molecule has 0 amide bonds. The molecule has 0 saturated carbocycles. The van der Waals surface area contributed by atoms with Crippen LogP contribution in [-0.4, -0.2) is 23.6 Å². The number of H-pyrrole nitrogens is 1. The molecule has 2 heterocycles. The van der Waals surface area contributed by atoms with Gasteiger partial charge in [-0.1, -0.05) is 29.8 Å². The highest BCUT2D eigenvalue weighted by Crippen LogP contribution is 2.31. The first-order chi connectivity index (χ1) is 13.5. The van der Waals surface area contributed by atoms with Crippen LogP contribution in [-0.2, 0) is 10.0 Å². The molecule has 140 valence electrons. The van der Waals surface area contributed by atoms with Crippen LogP contribution < -0.4 is 4.72 Å². The summed E-state index contributed by atoms with van der Waals surface area (Å²) in [6, 6.07) is 17.7. The van der Waals surface area contributed by atoms with Gasteiger partial charge in [0.1, 0.15) is 0 Å². The van der Waals surface area contributed by atoms with Crippen molar-refractivity contribution in [2.24, 2.45) is 0 Å². The molecule has 0 aliphatic heterocycles. The SMILES string of the molecule is Cc1ccc(S(=O)(=O)Nc2cccc(-c3n[nH]cc3-c3ccncc3)c2)cc1. The van der Waals surface area contributed by atoms with Crippen LogP contribution in [0.25, 0.3) is 22.4 Å². The van der Waals surface area contributed by atoms with E-state index in [9.17, 15) is 8.42 Å². The number of hydrogen-bond donors (Lipinski definition) is 2. The summed E-state index contributed by atoms with van der Waals surface area (Å²) >= 11 is 0. The van der Waals surface area contributed by atoms with Gasteiger partial charge in [-0.15, -0.1) is 0 Å². The molecule has 28 heavy (non-hydrogen) atoms. The van der Waals surface area contributed by atoms with Crippen molar-refractivity contribution in [2.45, 2.75) is 11.8 Å². The average Bonchev–Trinajstić information content (AvgIpc) is 3.19. The molecule has 0 radical (unpaired) electrons. The highest BCUT2D eigenvalue weighted by atomic mass is 32.2. The van der Waals surface area contributed by atoms with Crippen molar-refractivity contribution in [1.29, 1.82) is 0 Å². The summed E-state index contributed by atoms with van der Waals surface area (Å²) in [5.41, 5.74) is 4.91. The maximum absolute atomic E-state index is 12.7. The zero-order valence-electron chi connectivity index (χ0n) is 15.1. The number of nitrogens with zero attached hydrogens (tertiary/aromatic N) is 2. The zero-order valence-corrected chi connectivity index (χ0v) is 15.9. The van der Waals surface area contributed by atoms with Crippen molar-refractivity contribution in [3.63, 3.8) is 0 Å². The van der Waals surface area contributed by atoms with Crippen LogP contribution in [0.2, 0.25) is 0 Å². The van der Waals surface area contributed by atoms with Gasteiger partial charge in [0.2, 0.25) is 0 Å². The first kappa shape index (κ1) is 17.9. The molecule has 0 bridgehead atoms. The highest BCUT2D eigenvalue weighted by Gasteiger charge is 2.15. The third-order valence-electron chi connectivity index (χ3n) is 4.35. The van der Waals surface area contributed by atoms with Gasteiger partial charge < -0.3 is 0 Å². The summed E-state index contributed by atoms with van der Waals surface area (Å²) in [5, 5.41) is 7.23. The molecule has 7 heteroatoms. The quantitative estimate of drug-likeness (QED) is 0.533. The topological polar surface area (TPSA) is 87.7 Å². The zero-order chi connectivity index (χ0) is 19.6. The number of aromatic amines is 1. The van der Waals surface area contributed by atoms with Gasteiger partial charge in [-0.25, -0.2) is 8.42 Å². The Morgan fingerprint density at radius 3 is 2.43 bits per heavy atom. The molecule has 0 aliphatic rings. The van der Waals surface area contributed by atoms with Crippen LogP contribution in [0.4, 0.5) is 5.69 Å². The number of aromatic nitrogens is 3. The molecule has 0 aliphatic carbocycles. The first-order valence-electron chi connectivity index (χ1n) is 8.67. The number of benzene rings is 2. The Morgan fingerprint density at radius 2 is 1.68 bits per heavy atom. The van der Waals surface area contributed by atoms with Crippen LogP contribution in [0.3, 0.4) is 0 Å². The van der Waals surface area contributed by atoms with E-state index in [0.29, 0.717) is 5.69 Å². The fourth-order valence-corrected chi connectivity index (χ4v) is 3.97. The highest BCUT2D eigenvalue weighted by molar-refractivity contribution is 7.92. The van der Waals surface area contributed by atoms with Gasteiger partial charge >= 0.3 is 0 Å². The fraction of sp³-hybridized carbons (Fsp3) is 0.0476. The second-order valence-corrected chi connectivity index (χ2v) is 8.07. The number of anilines is 1. The van der Waals surface area contributed by atoms with Crippen molar-refractivity contribution in [3.8, 4) is 22.4 Å². The van der Waals surface area contributed by atoms with E-state index >= 15 is 0 Å². The molecule has 0 saturated heterocycles. The second kappa shape index (κ2) is 7.28. The normalized spacial score (nSPS) is 11.3. The van der Waals surface area contributed by atoms with Gasteiger partial charge in [-0.2, -0.15) is 5.10 Å². The molecule has 0 spiro atoms. The van der Waals surface area contributed by atoms with E-state index in [0.717, 1.165) is 27.9 Å². The minimum Gasteiger partial charge on any atom is -0.284 e. The van der Waals surface area contributed by atoms with Gasteiger partial charge in [-0.05, 0) is 48.9 Å². The third kappa shape index (κ3) is 3.65. The van der Waals surface area contributed by atoms with Crippen LogP contribution in [0.1, 0.15) is 5.56 Å². The Labute approximate surface area is 163 Å².